The first-order chi connectivity index (χ1) is 12.3. The molecule has 0 unspecified atom stereocenters. The third-order valence-corrected chi connectivity index (χ3v) is 5.99. The van der Waals surface area contributed by atoms with Crippen LogP contribution in [-0.4, -0.2) is 33.9 Å². The van der Waals surface area contributed by atoms with E-state index in [1.54, 1.807) is 11.3 Å². The molecule has 1 amide bonds. The van der Waals surface area contributed by atoms with Gasteiger partial charge in [0.1, 0.15) is 5.01 Å². The number of hydrogen-bond donors (Lipinski definition) is 1. The highest BCUT2D eigenvalue weighted by atomic mass is 32.1. The Balaban J connectivity index is 1.45. The van der Waals surface area contributed by atoms with Crippen molar-refractivity contribution in [2.75, 3.05) is 13.1 Å². The summed E-state index contributed by atoms with van der Waals surface area (Å²) in [6.07, 6.45) is 9.92. The van der Waals surface area contributed by atoms with Crippen molar-refractivity contribution in [1.29, 1.82) is 0 Å². The van der Waals surface area contributed by atoms with Crippen LogP contribution in [0.15, 0.2) is 36.1 Å². The molecule has 2 aromatic heterocycles. The van der Waals surface area contributed by atoms with E-state index in [-0.39, 0.29) is 17.9 Å². The molecule has 2 fully saturated rings. The van der Waals surface area contributed by atoms with Gasteiger partial charge < -0.3 is 5.32 Å². The van der Waals surface area contributed by atoms with Gasteiger partial charge in [-0.05, 0) is 55.8 Å². The predicted molar refractivity (Wildman–Crippen MR) is 98.0 cm³/mol. The van der Waals surface area contributed by atoms with Crippen LogP contribution in [-0.2, 0) is 11.3 Å². The number of nitrogens with one attached hydrogen (secondary N) is 1. The fourth-order valence-corrected chi connectivity index (χ4v) is 4.42. The Bertz CT molecular complexity index is 687. The van der Waals surface area contributed by atoms with Crippen molar-refractivity contribution < 1.29 is 4.79 Å². The number of carbonyl (C=O) groups is 1. The van der Waals surface area contributed by atoms with Gasteiger partial charge >= 0.3 is 0 Å². The predicted octanol–water partition coefficient (Wildman–Crippen LogP) is 3.02. The largest absolute Gasteiger partial charge is 0.346 e. The summed E-state index contributed by atoms with van der Waals surface area (Å²) in [4.78, 5) is 23.5. The van der Waals surface area contributed by atoms with Crippen LogP contribution in [0.1, 0.15) is 42.3 Å². The van der Waals surface area contributed by atoms with Gasteiger partial charge in [0.2, 0.25) is 5.91 Å². The van der Waals surface area contributed by atoms with Crippen molar-refractivity contribution in [2.24, 2.45) is 11.8 Å². The van der Waals surface area contributed by atoms with E-state index in [1.807, 2.05) is 24.0 Å². The Morgan fingerprint density at radius 3 is 2.84 bits per heavy atom. The maximum absolute atomic E-state index is 12.4. The number of likely N-dealkylation sites (tertiary alicyclic amines) is 1. The molecule has 6 heteroatoms. The summed E-state index contributed by atoms with van der Waals surface area (Å²) in [5.74, 6) is 0.870. The van der Waals surface area contributed by atoms with Crippen molar-refractivity contribution in [2.45, 2.75) is 38.3 Å². The van der Waals surface area contributed by atoms with Crippen LogP contribution >= 0.6 is 11.3 Å². The summed E-state index contributed by atoms with van der Waals surface area (Å²) in [6.45, 7) is 3.05. The van der Waals surface area contributed by atoms with Crippen molar-refractivity contribution in [3.8, 4) is 0 Å². The van der Waals surface area contributed by atoms with Crippen LogP contribution < -0.4 is 5.32 Å². The van der Waals surface area contributed by atoms with Gasteiger partial charge in [-0.15, -0.1) is 11.3 Å². The molecule has 132 valence electrons. The van der Waals surface area contributed by atoms with Crippen LogP contribution in [0.2, 0.25) is 0 Å². The number of amides is 1. The molecule has 25 heavy (non-hydrogen) atoms. The first-order valence-electron chi connectivity index (χ1n) is 9.10. The average molecular weight is 356 g/mol. The summed E-state index contributed by atoms with van der Waals surface area (Å²) in [5, 5.41) is 6.36. The van der Waals surface area contributed by atoms with Gasteiger partial charge in [0.05, 0.1) is 6.04 Å². The van der Waals surface area contributed by atoms with Crippen LogP contribution in [0.4, 0.5) is 0 Å². The lowest BCUT2D eigenvalue weighted by Crippen LogP contribution is -2.43. The molecule has 1 saturated carbocycles. The topological polar surface area (TPSA) is 58.1 Å². The Hall–Kier alpha value is -1.79. The molecule has 1 aliphatic carbocycles. The molecule has 2 aromatic rings. The molecule has 0 radical (unpaired) electrons. The van der Waals surface area contributed by atoms with Gasteiger partial charge in [0, 0.05) is 43.0 Å². The van der Waals surface area contributed by atoms with Gasteiger partial charge in [-0.25, -0.2) is 4.98 Å². The lowest BCUT2D eigenvalue weighted by atomic mass is 9.90. The van der Waals surface area contributed by atoms with Gasteiger partial charge in [-0.1, -0.05) is 0 Å². The first-order valence-corrected chi connectivity index (χ1v) is 9.98. The average Bonchev–Trinajstić information content (AvgIpc) is 3.36. The SMILES string of the molecule is O=C(N[C@@H](c1nccs1)[C@@H]1CCCN(Cc2ccncc2)C1)C1CC1. The quantitative estimate of drug-likeness (QED) is 0.864. The maximum Gasteiger partial charge on any atom is 0.223 e. The molecule has 5 nitrogen and oxygen atoms in total. The minimum atomic E-state index is 0.0494. The Morgan fingerprint density at radius 1 is 1.28 bits per heavy atom. The summed E-state index contributed by atoms with van der Waals surface area (Å²) < 4.78 is 0. The van der Waals surface area contributed by atoms with Crippen LogP contribution in [0.25, 0.3) is 0 Å². The monoisotopic (exact) mass is 356 g/mol. The smallest absolute Gasteiger partial charge is 0.223 e. The van der Waals surface area contributed by atoms with Crippen molar-refractivity contribution in [3.05, 3.63) is 46.7 Å². The Morgan fingerprint density at radius 2 is 2.12 bits per heavy atom. The third kappa shape index (κ3) is 4.25. The number of piperidine rings is 1. The second-order valence-electron chi connectivity index (χ2n) is 7.12. The minimum Gasteiger partial charge on any atom is -0.346 e. The zero-order valence-electron chi connectivity index (χ0n) is 14.3. The summed E-state index contributed by atoms with van der Waals surface area (Å²) in [6, 6.07) is 4.21. The number of hydrogen-bond acceptors (Lipinski definition) is 5. The zero-order chi connectivity index (χ0) is 17.1. The van der Waals surface area contributed by atoms with E-state index < -0.39 is 0 Å². The second kappa shape index (κ2) is 7.62. The van der Waals surface area contributed by atoms with Gasteiger partial charge in [-0.2, -0.15) is 0 Å². The summed E-state index contributed by atoms with van der Waals surface area (Å²) >= 11 is 1.65. The van der Waals surface area contributed by atoms with Gasteiger partial charge in [0.25, 0.3) is 0 Å². The third-order valence-electron chi connectivity index (χ3n) is 5.13. The van der Waals surface area contributed by atoms with E-state index in [4.69, 9.17) is 0 Å². The lowest BCUT2D eigenvalue weighted by Gasteiger charge is -2.36. The van der Waals surface area contributed by atoms with Crippen LogP contribution in [0.3, 0.4) is 0 Å². The standard InChI is InChI=1S/C19H24N4OS/c24-18(15-3-4-15)22-17(19-21-9-11-25-19)16-2-1-10-23(13-16)12-14-5-7-20-8-6-14/h5-9,11,15-17H,1-4,10,12-13H2,(H,22,24)/t16-,17-/m1/s1. The molecule has 1 N–H and O–H groups in total. The molecular formula is C19H24N4OS. The minimum absolute atomic E-state index is 0.0494. The summed E-state index contributed by atoms with van der Waals surface area (Å²) in [5.41, 5.74) is 1.29. The fraction of sp³-hybridized carbons (Fsp3) is 0.526. The van der Waals surface area contributed by atoms with Crippen molar-refractivity contribution in [3.63, 3.8) is 0 Å². The molecule has 0 spiro atoms. The number of pyridine rings is 1. The maximum atomic E-state index is 12.4. The lowest BCUT2D eigenvalue weighted by molar-refractivity contribution is -0.123. The van der Waals surface area contributed by atoms with E-state index in [2.05, 4.69) is 32.3 Å². The molecule has 3 heterocycles. The normalized spacial score (nSPS) is 22.5. The highest BCUT2D eigenvalue weighted by molar-refractivity contribution is 7.09. The highest BCUT2D eigenvalue weighted by Crippen LogP contribution is 2.34. The number of rotatable bonds is 6. The molecule has 0 aromatic carbocycles. The number of nitrogens with zero attached hydrogens (tertiary/aromatic N) is 3. The molecular weight excluding hydrogens is 332 g/mol. The number of carbonyl (C=O) groups excluding carboxylic acids is 1. The van der Waals surface area contributed by atoms with E-state index in [1.165, 1.54) is 5.56 Å². The van der Waals surface area contributed by atoms with Crippen molar-refractivity contribution in [1.82, 2.24) is 20.2 Å². The van der Waals surface area contributed by atoms with E-state index >= 15 is 0 Å². The van der Waals surface area contributed by atoms with Crippen LogP contribution in [0.5, 0.6) is 0 Å². The van der Waals surface area contributed by atoms with Gasteiger partial charge in [-0.3, -0.25) is 14.7 Å². The highest BCUT2D eigenvalue weighted by Gasteiger charge is 2.35. The first kappa shape index (κ1) is 16.7. The number of aromatic nitrogens is 2. The fourth-order valence-electron chi connectivity index (χ4n) is 3.64. The van der Waals surface area contributed by atoms with Crippen LogP contribution in [0, 0.1) is 11.8 Å². The molecule has 1 saturated heterocycles. The zero-order valence-corrected chi connectivity index (χ0v) is 15.1. The van der Waals surface area contributed by atoms with Crippen molar-refractivity contribution >= 4 is 17.2 Å². The molecule has 0 bridgehead atoms. The molecule has 2 aliphatic rings. The molecule has 4 rings (SSSR count). The Labute approximate surface area is 152 Å². The Kier molecular flexibility index (Phi) is 5.08. The number of thiazole rings is 1. The van der Waals surface area contributed by atoms with E-state index in [0.29, 0.717) is 5.92 Å². The molecule has 1 aliphatic heterocycles. The second-order valence-corrected chi connectivity index (χ2v) is 8.05. The van der Waals surface area contributed by atoms with E-state index in [9.17, 15) is 4.79 Å². The summed E-state index contributed by atoms with van der Waals surface area (Å²) in [7, 11) is 0. The van der Waals surface area contributed by atoms with Gasteiger partial charge in [0.15, 0.2) is 0 Å². The molecule has 2 atom stereocenters. The van der Waals surface area contributed by atoms with E-state index in [0.717, 1.165) is 50.3 Å².